The van der Waals surface area contributed by atoms with Gasteiger partial charge in [0.15, 0.2) is 0 Å². The van der Waals surface area contributed by atoms with Crippen molar-refractivity contribution in [3.8, 4) is 17.2 Å². The average Bonchev–Trinajstić information content (AvgIpc) is 2.98. The van der Waals surface area contributed by atoms with Gasteiger partial charge in [-0.1, -0.05) is 30.7 Å². The summed E-state index contributed by atoms with van der Waals surface area (Å²) >= 11 is 6.15. The van der Waals surface area contributed by atoms with Gasteiger partial charge in [0.05, 0.1) is 5.56 Å². The number of fused-ring (bicyclic) bond motifs is 1. The molecule has 1 aliphatic rings. The van der Waals surface area contributed by atoms with Gasteiger partial charge in [-0.05, 0) is 66.1 Å². The Bertz CT molecular complexity index is 1230. The Hall–Kier alpha value is -2.91. The van der Waals surface area contributed by atoms with E-state index in [0.29, 0.717) is 28.5 Å². The Labute approximate surface area is 209 Å². The molecule has 192 valence electrons. The van der Waals surface area contributed by atoms with E-state index in [9.17, 15) is 26.3 Å². The molecular formula is C26H22ClF6NO2. The molecule has 1 aliphatic heterocycles. The van der Waals surface area contributed by atoms with Gasteiger partial charge in [0.2, 0.25) is 6.10 Å². The first-order valence-electron chi connectivity index (χ1n) is 11.1. The summed E-state index contributed by atoms with van der Waals surface area (Å²) in [5, 5.41) is 0.621. The molecule has 3 aromatic carbocycles. The van der Waals surface area contributed by atoms with Gasteiger partial charge in [0.25, 0.3) is 0 Å². The zero-order valence-electron chi connectivity index (χ0n) is 19.1. The van der Waals surface area contributed by atoms with Crippen LogP contribution >= 0.6 is 11.6 Å². The molecule has 0 spiro atoms. The first-order chi connectivity index (χ1) is 16.9. The molecule has 0 bridgehead atoms. The molecule has 10 heteroatoms. The maximum Gasteiger partial charge on any atom is 0.426 e. The standard InChI is InChI=1S/C26H22ClF6NO2/c1-2-17-12-21(7-8-22(17)27)35-20-5-3-4-16(10-20)13-34-14-18-11-19(25(28,29)30)6-9-23(18)36-24(15-34)26(31,32)33/h3-12,24H,2,13-15H2,1H3. The fraction of sp³-hybridized carbons (Fsp3) is 0.308. The van der Waals surface area contributed by atoms with Crippen molar-refractivity contribution < 1.29 is 35.8 Å². The Morgan fingerprint density at radius 2 is 1.72 bits per heavy atom. The van der Waals surface area contributed by atoms with Gasteiger partial charge >= 0.3 is 12.4 Å². The summed E-state index contributed by atoms with van der Waals surface area (Å²) in [5.41, 5.74) is 0.635. The van der Waals surface area contributed by atoms with Gasteiger partial charge in [-0.15, -0.1) is 0 Å². The molecule has 0 saturated heterocycles. The number of nitrogens with zero attached hydrogens (tertiary/aromatic N) is 1. The summed E-state index contributed by atoms with van der Waals surface area (Å²) in [6.07, 6.45) is -10.8. The lowest BCUT2D eigenvalue weighted by Gasteiger charge is -2.25. The number of aryl methyl sites for hydroxylation is 1. The third-order valence-corrected chi connectivity index (χ3v) is 6.15. The van der Waals surface area contributed by atoms with Crippen molar-refractivity contribution >= 4 is 11.6 Å². The molecule has 1 atom stereocenters. The van der Waals surface area contributed by atoms with Crippen LogP contribution in [0, 0.1) is 0 Å². The molecule has 1 unspecified atom stereocenters. The molecule has 0 aromatic heterocycles. The minimum atomic E-state index is -4.70. The van der Waals surface area contributed by atoms with Crippen LogP contribution < -0.4 is 9.47 Å². The van der Waals surface area contributed by atoms with Crippen molar-refractivity contribution in [3.63, 3.8) is 0 Å². The Morgan fingerprint density at radius 3 is 2.42 bits per heavy atom. The molecule has 0 saturated carbocycles. The highest BCUT2D eigenvalue weighted by atomic mass is 35.5. The van der Waals surface area contributed by atoms with Crippen LogP contribution in [0.4, 0.5) is 26.3 Å². The van der Waals surface area contributed by atoms with Crippen LogP contribution in [0.1, 0.15) is 29.2 Å². The monoisotopic (exact) mass is 529 g/mol. The fourth-order valence-electron chi connectivity index (χ4n) is 4.00. The lowest BCUT2D eigenvalue weighted by atomic mass is 10.1. The summed E-state index contributed by atoms with van der Waals surface area (Å²) in [6.45, 7) is 1.32. The Balaban J connectivity index is 1.58. The van der Waals surface area contributed by atoms with Gasteiger partial charge in [0, 0.05) is 30.2 Å². The van der Waals surface area contributed by atoms with Gasteiger partial charge in [-0.3, -0.25) is 4.90 Å². The lowest BCUT2D eigenvalue weighted by molar-refractivity contribution is -0.198. The second-order valence-electron chi connectivity index (χ2n) is 8.49. The third-order valence-electron chi connectivity index (χ3n) is 5.78. The first kappa shape index (κ1) is 26.2. The minimum absolute atomic E-state index is 0.0391. The third kappa shape index (κ3) is 6.25. The number of rotatable bonds is 5. The largest absolute Gasteiger partial charge is 0.479 e. The Kier molecular flexibility index (Phi) is 7.43. The number of hydrogen-bond acceptors (Lipinski definition) is 3. The van der Waals surface area contributed by atoms with Gasteiger partial charge in [0.1, 0.15) is 17.2 Å². The average molecular weight is 530 g/mol. The molecule has 4 rings (SSSR count). The molecule has 0 radical (unpaired) electrons. The fourth-order valence-corrected chi connectivity index (χ4v) is 4.25. The zero-order valence-corrected chi connectivity index (χ0v) is 19.8. The van der Waals surface area contributed by atoms with Crippen molar-refractivity contribution in [2.45, 2.75) is 44.9 Å². The maximum absolute atomic E-state index is 13.6. The number of alkyl halides is 6. The van der Waals surface area contributed by atoms with Gasteiger partial charge in [-0.2, -0.15) is 26.3 Å². The number of hydrogen-bond donors (Lipinski definition) is 0. The summed E-state index contributed by atoms with van der Waals surface area (Å²) < 4.78 is 91.5. The molecule has 3 aromatic rings. The van der Waals surface area contributed by atoms with E-state index in [1.54, 1.807) is 36.4 Å². The predicted molar refractivity (Wildman–Crippen MR) is 123 cm³/mol. The SMILES string of the molecule is CCc1cc(Oc2cccc(CN3Cc4cc(C(F)(F)F)ccc4OC(C(F)(F)F)C3)c2)ccc1Cl. The van der Waals surface area contributed by atoms with E-state index in [4.69, 9.17) is 21.1 Å². The van der Waals surface area contributed by atoms with E-state index in [1.807, 2.05) is 13.0 Å². The number of halogens is 7. The van der Waals surface area contributed by atoms with Crippen molar-refractivity contribution in [2.75, 3.05) is 6.54 Å². The molecule has 0 amide bonds. The quantitative estimate of drug-likeness (QED) is 0.312. The summed E-state index contributed by atoms with van der Waals surface area (Å²) in [5.74, 6) is 0.816. The normalized spacial score (nSPS) is 16.7. The number of ether oxygens (including phenoxy) is 2. The van der Waals surface area contributed by atoms with Crippen LogP contribution in [0.25, 0.3) is 0 Å². The first-order valence-corrected chi connectivity index (χ1v) is 11.5. The highest BCUT2D eigenvalue weighted by Gasteiger charge is 2.44. The minimum Gasteiger partial charge on any atom is -0.479 e. The molecule has 1 heterocycles. The van der Waals surface area contributed by atoms with E-state index in [-0.39, 0.29) is 24.4 Å². The maximum atomic E-state index is 13.6. The van der Waals surface area contributed by atoms with Crippen molar-refractivity contribution in [1.29, 1.82) is 0 Å². The summed E-state index contributed by atoms with van der Waals surface area (Å²) in [4.78, 5) is 1.42. The molecule has 0 fully saturated rings. The lowest BCUT2D eigenvalue weighted by Crippen LogP contribution is -2.42. The molecule has 0 aliphatic carbocycles. The topological polar surface area (TPSA) is 21.7 Å². The van der Waals surface area contributed by atoms with E-state index in [0.717, 1.165) is 23.8 Å². The van der Waals surface area contributed by atoms with Crippen molar-refractivity contribution in [2.24, 2.45) is 0 Å². The van der Waals surface area contributed by atoms with Crippen molar-refractivity contribution in [1.82, 2.24) is 4.90 Å². The number of benzene rings is 3. The van der Waals surface area contributed by atoms with Crippen LogP contribution in [0.15, 0.2) is 60.7 Å². The van der Waals surface area contributed by atoms with E-state index in [1.165, 1.54) is 4.90 Å². The Morgan fingerprint density at radius 1 is 0.972 bits per heavy atom. The molecule has 0 N–H and O–H groups in total. The van der Waals surface area contributed by atoms with Gasteiger partial charge < -0.3 is 9.47 Å². The second-order valence-corrected chi connectivity index (χ2v) is 8.90. The van der Waals surface area contributed by atoms with Crippen LogP contribution in [0.2, 0.25) is 5.02 Å². The molecule has 3 nitrogen and oxygen atoms in total. The summed E-state index contributed by atoms with van der Waals surface area (Å²) in [6, 6.07) is 14.6. The van der Waals surface area contributed by atoms with Gasteiger partial charge in [-0.25, -0.2) is 0 Å². The van der Waals surface area contributed by atoms with E-state index in [2.05, 4.69) is 0 Å². The smallest absolute Gasteiger partial charge is 0.426 e. The van der Waals surface area contributed by atoms with Crippen LogP contribution in [0.5, 0.6) is 17.2 Å². The van der Waals surface area contributed by atoms with Crippen LogP contribution in [0.3, 0.4) is 0 Å². The van der Waals surface area contributed by atoms with E-state index < -0.39 is 30.6 Å². The highest BCUT2D eigenvalue weighted by Crippen LogP contribution is 2.37. The predicted octanol–water partition coefficient (Wildman–Crippen LogP) is 8.04. The summed E-state index contributed by atoms with van der Waals surface area (Å²) in [7, 11) is 0. The molecule has 36 heavy (non-hydrogen) atoms. The second kappa shape index (κ2) is 10.2. The van der Waals surface area contributed by atoms with Crippen LogP contribution in [-0.4, -0.2) is 23.7 Å². The highest BCUT2D eigenvalue weighted by molar-refractivity contribution is 6.31. The van der Waals surface area contributed by atoms with Crippen LogP contribution in [-0.2, 0) is 25.7 Å². The van der Waals surface area contributed by atoms with Crippen molar-refractivity contribution in [3.05, 3.63) is 87.9 Å². The molecular weight excluding hydrogens is 508 g/mol. The zero-order chi connectivity index (χ0) is 26.1. The van der Waals surface area contributed by atoms with E-state index >= 15 is 0 Å².